The van der Waals surface area contributed by atoms with E-state index in [9.17, 15) is 28.7 Å². The molecule has 3 heterocycles. The summed E-state index contributed by atoms with van der Waals surface area (Å²) >= 11 is 1.55. The summed E-state index contributed by atoms with van der Waals surface area (Å²) in [5.41, 5.74) is 1.76. The number of β-amino-alcohol motifs (C(OH)–C–C–N with tert-alkyl or cyclic N) is 1. The number of hydrogen-bond donors (Lipinski definition) is 5. The monoisotopic (exact) mass is 786 g/mol. The zero-order chi connectivity index (χ0) is 39.8. The van der Waals surface area contributed by atoms with Crippen molar-refractivity contribution in [2.75, 3.05) is 32.8 Å². The van der Waals surface area contributed by atoms with E-state index in [0.717, 1.165) is 92.7 Å². The van der Waals surface area contributed by atoms with Crippen LogP contribution in [0.3, 0.4) is 0 Å². The highest BCUT2D eigenvalue weighted by molar-refractivity contribution is 7.13. The number of alkyl halides is 1. The highest BCUT2D eigenvalue weighted by Crippen LogP contribution is 2.40. The molecule has 4 amide bonds. The van der Waals surface area contributed by atoms with Crippen molar-refractivity contribution in [2.24, 2.45) is 5.41 Å². The molecule has 0 bridgehead atoms. The largest absolute Gasteiger partial charge is 0.493 e. The van der Waals surface area contributed by atoms with Gasteiger partial charge in [0.2, 0.25) is 11.8 Å². The van der Waals surface area contributed by atoms with E-state index in [2.05, 4.69) is 25.8 Å². The third-order valence-electron chi connectivity index (χ3n) is 10.9. The Hall–Kier alpha value is -3.82. The summed E-state index contributed by atoms with van der Waals surface area (Å²) in [7, 11) is 0. The van der Waals surface area contributed by atoms with Crippen molar-refractivity contribution in [3.8, 4) is 16.2 Å². The lowest BCUT2D eigenvalue weighted by Crippen LogP contribution is -2.59. The molecule has 2 aromatic rings. The molecule has 3 atom stereocenters. The lowest BCUT2D eigenvalue weighted by atomic mass is 9.85. The van der Waals surface area contributed by atoms with Gasteiger partial charge >= 0.3 is 6.09 Å². The van der Waals surface area contributed by atoms with Crippen LogP contribution in [0.4, 0.5) is 9.18 Å². The molecule has 1 aromatic heterocycles. The molecule has 2 saturated heterocycles. The maximum atomic E-state index is 14.6. The van der Waals surface area contributed by atoms with Gasteiger partial charge < -0.3 is 40.7 Å². The van der Waals surface area contributed by atoms with Crippen LogP contribution in [-0.4, -0.2) is 111 Å². The van der Waals surface area contributed by atoms with E-state index < -0.39 is 53.1 Å². The third kappa shape index (κ3) is 11.8. The number of hydrogen-bond acceptors (Lipinski definition) is 9. The number of thiazole rings is 1. The molecule has 2 aliphatic heterocycles. The highest BCUT2D eigenvalue weighted by atomic mass is 32.1. The number of aryl methyl sites for hydroxylation is 1. The molecule has 5 rings (SSSR count). The van der Waals surface area contributed by atoms with Gasteiger partial charge in [-0.2, -0.15) is 0 Å². The molecule has 0 radical (unpaired) electrons. The van der Waals surface area contributed by atoms with E-state index in [1.54, 1.807) is 37.6 Å². The van der Waals surface area contributed by atoms with Crippen molar-refractivity contribution in [1.29, 1.82) is 0 Å². The summed E-state index contributed by atoms with van der Waals surface area (Å²) in [5.74, 6) is -1.12. The number of carbonyl (C=O) groups excluding carboxylic acids is 3. The Labute approximate surface area is 327 Å². The van der Waals surface area contributed by atoms with E-state index in [1.807, 2.05) is 25.1 Å². The smallest absolute Gasteiger partial charge is 0.404 e. The van der Waals surface area contributed by atoms with E-state index in [1.165, 1.54) is 4.90 Å². The minimum absolute atomic E-state index is 0.0490. The minimum Gasteiger partial charge on any atom is -0.493 e. The SMILES string of the molecule is Cc1ncsc1-c1ccc(CNC(=O)C2CC(O)CN2C(=O)C(NC(=O)C2(F)CC2)C(C)(C)C)c(OCCCCCCCCN2CCC(NC(=O)O)CC2)c1. The summed E-state index contributed by atoms with van der Waals surface area (Å²) in [4.78, 5) is 60.2. The number of halogens is 1. The van der Waals surface area contributed by atoms with Crippen LogP contribution in [0.15, 0.2) is 23.7 Å². The summed E-state index contributed by atoms with van der Waals surface area (Å²) in [6.45, 7) is 10.8. The zero-order valence-electron chi connectivity index (χ0n) is 32.7. The third-order valence-corrected chi connectivity index (χ3v) is 11.9. The van der Waals surface area contributed by atoms with Gasteiger partial charge in [0.05, 0.1) is 28.8 Å². The molecule has 15 heteroatoms. The lowest BCUT2D eigenvalue weighted by Gasteiger charge is -2.35. The number of nitrogens with one attached hydrogen (secondary N) is 3. The van der Waals surface area contributed by atoms with Crippen molar-refractivity contribution in [3.05, 3.63) is 35.0 Å². The molecule has 55 heavy (non-hydrogen) atoms. The van der Waals surface area contributed by atoms with Gasteiger partial charge in [-0.1, -0.05) is 58.6 Å². The van der Waals surface area contributed by atoms with E-state index in [0.29, 0.717) is 12.4 Å². The Morgan fingerprint density at radius 3 is 2.40 bits per heavy atom. The molecule has 5 N–H and O–H groups in total. The predicted octanol–water partition coefficient (Wildman–Crippen LogP) is 5.18. The molecular weight excluding hydrogens is 728 g/mol. The molecule has 3 aliphatic rings. The fraction of sp³-hybridized carbons (Fsp3) is 0.675. The number of likely N-dealkylation sites (tertiary alicyclic amines) is 2. The number of unbranched alkanes of at least 4 members (excludes halogenated alkanes) is 5. The number of nitrogens with zero attached hydrogens (tertiary/aromatic N) is 3. The molecular formula is C40H59FN6O7S. The molecule has 3 fully saturated rings. The number of carbonyl (C=O) groups is 4. The average Bonchev–Trinajstić information content (AvgIpc) is 3.54. The first-order chi connectivity index (χ1) is 26.1. The summed E-state index contributed by atoms with van der Waals surface area (Å²) in [6.07, 6.45) is 6.59. The molecule has 1 saturated carbocycles. The van der Waals surface area contributed by atoms with Gasteiger partial charge in [-0.25, -0.2) is 14.2 Å². The second-order valence-electron chi connectivity index (χ2n) is 16.5. The van der Waals surface area contributed by atoms with Crippen LogP contribution in [0.1, 0.15) is 103 Å². The first-order valence-electron chi connectivity index (χ1n) is 19.8. The van der Waals surface area contributed by atoms with Crippen molar-refractivity contribution >= 4 is 35.2 Å². The van der Waals surface area contributed by atoms with Crippen LogP contribution >= 0.6 is 11.3 Å². The Balaban J connectivity index is 1.12. The van der Waals surface area contributed by atoms with Crippen LogP contribution in [0.5, 0.6) is 5.75 Å². The van der Waals surface area contributed by atoms with Gasteiger partial charge in [-0.3, -0.25) is 14.4 Å². The molecule has 0 spiro atoms. The number of aromatic nitrogens is 1. The van der Waals surface area contributed by atoms with Crippen LogP contribution in [0.2, 0.25) is 0 Å². The predicted molar refractivity (Wildman–Crippen MR) is 209 cm³/mol. The Kier molecular flexibility index (Phi) is 14.5. The molecule has 1 aliphatic carbocycles. The maximum absolute atomic E-state index is 14.6. The maximum Gasteiger partial charge on any atom is 0.404 e. The minimum atomic E-state index is -1.95. The van der Waals surface area contributed by atoms with E-state index in [-0.39, 0.29) is 38.4 Å². The van der Waals surface area contributed by atoms with Gasteiger partial charge in [0.25, 0.3) is 5.91 Å². The standard InChI is InChI=1S/C40H59FN6O7S/c1-26-33(55-25-43-26)27-11-12-28(32(21-27)54-20-10-8-6-5-7-9-17-46-18-13-29(14-19-46)44-38(52)53)23-42-35(49)31-22-30(48)24-47(31)36(50)34(39(2,3)4)45-37(51)40(41)15-16-40/h11-12,21,25,29-31,34,44,48H,5-10,13-20,22-24H2,1-4H3,(H,42,49)(H,45,51)(H,52,53). The molecule has 304 valence electrons. The molecule has 13 nitrogen and oxygen atoms in total. The summed E-state index contributed by atoms with van der Waals surface area (Å²) in [6, 6.07) is 3.92. The fourth-order valence-corrected chi connectivity index (χ4v) is 8.18. The highest BCUT2D eigenvalue weighted by Gasteiger charge is 2.53. The van der Waals surface area contributed by atoms with Crippen molar-refractivity contribution < 1.29 is 38.5 Å². The Morgan fingerprint density at radius 2 is 1.76 bits per heavy atom. The second-order valence-corrected chi connectivity index (χ2v) is 17.3. The number of aliphatic hydroxyl groups is 1. The number of amides is 4. The van der Waals surface area contributed by atoms with Gasteiger partial charge in [-0.05, 0) is 69.0 Å². The number of piperidine rings is 1. The number of ether oxygens (including phenoxy) is 1. The van der Waals surface area contributed by atoms with Crippen molar-refractivity contribution in [2.45, 2.75) is 135 Å². The zero-order valence-corrected chi connectivity index (χ0v) is 33.5. The quantitative estimate of drug-likeness (QED) is 0.128. The number of aliphatic hydroxyl groups excluding tert-OH is 1. The average molecular weight is 787 g/mol. The van der Waals surface area contributed by atoms with Gasteiger partial charge in [0, 0.05) is 44.2 Å². The van der Waals surface area contributed by atoms with Crippen molar-refractivity contribution in [3.63, 3.8) is 0 Å². The van der Waals surface area contributed by atoms with Crippen LogP contribution in [0.25, 0.3) is 10.4 Å². The number of rotatable bonds is 18. The van der Waals surface area contributed by atoms with E-state index in [4.69, 9.17) is 9.84 Å². The summed E-state index contributed by atoms with van der Waals surface area (Å²) in [5, 5.41) is 27.6. The first kappa shape index (κ1) is 42.3. The van der Waals surface area contributed by atoms with Crippen LogP contribution in [-0.2, 0) is 20.9 Å². The van der Waals surface area contributed by atoms with Gasteiger partial charge in [0.1, 0.15) is 17.8 Å². The van der Waals surface area contributed by atoms with Gasteiger partial charge in [-0.15, -0.1) is 11.3 Å². The second kappa shape index (κ2) is 18.9. The Bertz CT molecular complexity index is 1640. The summed E-state index contributed by atoms with van der Waals surface area (Å²) < 4.78 is 20.9. The lowest BCUT2D eigenvalue weighted by molar-refractivity contribution is -0.145. The van der Waals surface area contributed by atoms with E-state index >= 15 is 0 Å². The first-order valence-corrected chi connectivity index (χ1v) is 20.7. The number of benzene rings is 1. The normalized spacial score (nSPS) is 20.5. The topological polar surface area (TPSA) is 173 Å². The number of carboxylic acid groups (broad SMARTS) is 1. The fourth-order valence-electron chi connectivity index (χ4n) is 7.38. The van der Waals surface area contributed by atoms with Crippen molar-refractivity contribution in [1.82, 2.24) is 30.7 Å². The molecule has 3 unspecified atom stereocenters. The van der Waals surface area contributed by atoms with Crippen LogP contribution in [0, 0.1) is 12.3 Å². The Morgan fingerprint density at radius 1 is 1.07 bits per heavy atom. The van der Waals surface area contributed by atoms with Gasteiger partial charge in [0.15, 0.2) is 5.67 Å². The van der Waals surface area contributed by atoms with Crippen LogP contribution < -0.4 is 20.7 Å². The molecule has 1 aromatic carbocycles.